The Morgan fingerprint density at radius 1 is 1.07 bits per heavy atom. The Bertz CT molecular complexity index is 1110. The van der Waals surface area contributed by atoms with Gasteiger partial charge in [0.2, 0.25) is 6.79 Å². The largest absolute Gasteiger partial charge is 0.482 e. The van der Waals surface area contributed by atoms with Gasteiger partial charge in [0, 0.05) is 16.5 Å². The van der Waals surface area contributed by atoms with E-state index in [-0.39, 0.29) is 25.2 Å². The molecule has 2 amide bonds. The van der Waals surface area contributed by atoms with Gasteiger partial charge in [-0.2, -0.15) is 0 Å². The predicted molar refractivity (Wildman–Crippen MR) is 102 cm³/mol. The van der Waals surface area contributed by atoms with Crippen molar-refractivity contribution in [3.63, 3.8) is 0 Å². The van der Waals surface area contributed by atoms with Gasteiger partial charge < -0.3 is 19.5 Å². The molecule has 140 valence electrons. The van der Waals surface area contributed by atoms with Crippen molar-refractivity contribution in [2.75, 3.05) is 24.0 Å². The summed E-state index contributed by atoms with van der Waals surface area (Å²) in [5, 5.41) is 7.81. The molecule has 0 saturated carbocycles. The van der Waals surface area contributed by atoms with E-state index in [0.29, 0.717) is 33.6 Å². The fraction of sp³-hybridized carbons (Fsp3) is 0.105. The minimum Gasteiger partial charge on any atom is -0.482 e. The van der Waals surface area contributed by atoms with Crippen molar-refractivity contribution in [2.45, 2.75) is 0 Å². The van der Waals surface area contributed by atoms with Crippen LogP contribution in [0, 0.1) is 0 Å². The lowest BCUT2D eigenvalue weighted by Gasteiger charge is -2.18. The first-order chi connectivity index (χ1) is 13.7. The third kappa shape index (κ3) is 3.01. The molecule has 0 unspecified atom stereocenters. The summed E-state index contributed by atoms with van der Waals surface area (Å²) in [5.41, 5.74) is 2.57. The monoisotopic (exact) mass is 395 g/mol. The average Bonchev–Trinajstić information content (AvgIpc) is 3.36. The summed E-state index contributed by atoms with van der Waals surface area (Å²) in [6, 6.07) is 10.4. The van der Waals surface area contributed by atoms with Crippen LogP contribution in [-0.2, 0) is 4.79 Å². The van der Waals surface area contributed by atoms with E-state index in [1.54, 1.807) is 18.2 Å². The number of fused-ring (bicyclic) bond motifs is 2. The van der Waals surface area contributed by atoms with E-state index in [4.69, 9.17) is 14.2 Å². The molecule has 8 nitrogen and oxygen atoms in total. The molecule has 0 aliphatic carbocycles. The highest BCUT2D eigenvalue weighted by molar-refractivity contribution is 7.14. The summed E-state index contributed by atoms with van der Waals surface area (Å²) in [7, 11) is 0. The van der Waals surface area contributed by atoms with Crippen molar-refractivity contribution in [1.82, 2.24) is 4.98 Å². The quantitative estimate of drug-likeness (QED) is 0.707. The van der Waals surface area contributed by atoms with E-state index in [0.717, 1.165) is 11.3 Å². The number of aromatic nitrogens is 1. The number of amides is 2. The fourth-order valence-electron chi connectivity index (χ4n) is 2.90. The van der Waals surface area contributed by atoms with Crippen molar-refractivity contribution in [2.24, 2.45) is 0 Å². The second-order valence-electron chi connectivity index (χ2n) is 6.11. The Hall–Kier alpha value is -3.59. The van der Waals surface area contributed by atoms with Gasteiger partial charge in [0.25, 0.3) is 11.8 Å². The summed E-state index contributed by atoms with van der Waals surface area (Å²) < 4.78 is 16.0. The Labute approximate surface area is 163 Å². The molecule has 3 heterocycles. The lowest BCUT2D eigenvalue weighted by Crippen LogP contribution is -2.25. The maximum atomic E-state index is 12.5. The number of rotatable bonds is 3. The third-order valence-electron chi connectivity index (χ3n) is 4.27. The summed E-state index contributed by atoms with van der Waals surface area (Å²) in [4.78, 5) is 28.3. The zero-order valence-electron chi connectivity index (χ0n) is 14.4. The van der Waals surface area contributed by atoms with Gasteiger partial charge in [-0.25, -0.2) is 4.98 Å². The highest BCUT2D eigenvalue weighted by atomic mass is 32.1. The lowest BCUT2D eigenvalue weighted by atomic mass is 10.1. The molecular weight excluding hydrogens is 382 g/mol. The molecule has 9 heteroatoms. The SMILES string of the molecule is O=C1COc2cc(C(=O)Nc3nc(-c4ccc5c(c4)OCO5)cs3)ccc2N1. The topological polar surface area (TPSA) is 98.8 Å². The van der Waals surface area contributed by atoms with Crippen molar-refractivity contribution in [3.05, 3.63) is 47.3 Å². The molecule has 0 spiro atoms. The maximum Gasteiger partial charge on any atom is 0.262 e. The fourth-order valence-corrected chi connectivity index (χ4v) is 3.62. The van der Waals surface area contributed by atoms with E-state index in [9.17, 15) is 9.59 Å². The molecule has 0 saturated heterocycles. The minimum atomic E-state index is -0.310. The number of benzene rings is 2. The molecule has 2 aliphatic rings. The molecule has 0 fully saturated rings. The van der Waals surface area contributed by atoms with E-state index in [2.05, 4.69) is 15.6 Å². The average molecular weight is 395 g/mol. The Morgan fingerprint density at radius 2 is 1.96 bits per heavy atom. The van der Waals surface area contributed by atoms with Gasteiger partial charge in [0.15, 0.2) is 23.2 Å². The predicted octanol–water partition coefficient (Wildman–Crippen LogP) is 3.12. The van der Waals surface area contributed by atoms with E-state index in [1.807, 2.05) is 23.6 Å². The van der Waals surface area contributed by atoms with Crippen molar-refractivity contribution in [3.8, 4) is 28.5 Å². The molecule has 0 radical (unpaired) electrons. The Balaban J connectivity index is 1.33. The van der Waals surface area contributed by atoms with Crippen molar-refractivity contribution in [1.29, 1.82) is 0 Å². The Morgan fingerprint density at radius 3 is 2.89 bits per heavy atom. The molecule has 5 rings (SSSR count). The van der Waals surface area contributed by atoms with Gasteiger partial charge in [-0.1, -0.05) is 0 Å². The number of nitrogens with zero attached hydrogens (tertiary/aromatic N) is 1. The molecule has 2 aromatic carbocycles. The van der Waals surface area contributed by atoms with Crippen LogP contribution in [0.5, 0.6) is 17.2 Å². The van der Waals surface area contributed by atoms with Crippen molar-refractivity contribution < 1.29 is 23.8 Å². The Kier molecular flexibility index (Phi) is 3.87. The van der Waals surface area contributed by atoms with Crippen LogP contribution in [0.25, 0.3) is 11.3 Å². The first-order valence-corrected chi connectivity index (χ1v) is 9.27. The van der Waals surface area contributed by atoms with Crippen LogP contribution in [0.2, 0.25) is 0 Å². The first kappa shape index (κ1) is 16.6. The van der Waals surface area contributed by atoms with E-state index < -0.39 is 0 Å². The molecule has 2 aliphatic heterocycles. The maximum absolute atomic E-state index is 12.5. The molecule has 1 aromatic heterocycles. The number of carbonyl (C=O) groups is 2. The summed E-state index contributed by atoms with van der Waals surface area (Å²) in [5.74, 6) is 1.32. The summed E-state index contributed by atoms with van der Waals surface area (Å²) in [6.45, 7) is 0.148. The van der Waals surface area contributed by atoms with Crippen LogP contribution in [0.1, 0.15) is 10.4 Å². The zero-order chi connectivity index (χ0) is 19.1. The number of thiazole rings is 1. The normalized spacial score (nSPS) is 14.1. The number of carbonyl (C=O) groups excluding carboxylic acids is 2. The van der Waals surface area contributed by atoms with Crippen LogP contribution in [0.4, 0.5) is 10.8 Å². The van der Waals surface area contributed by atoms with Gasteiger partial charge in [0.05, 0.1) is 11.4 Å². The standard InChI is InChI=1S/C19H13N3O5S/c23-17-7-25-15-6-11(1-3-12(15)20-17)18(24)22-19-21-13(8-28-19)10-2-4-14-16(5-10)27-9-26-14/h1-6,8H,7,9H2,(H,20,23)(H,21,22,24). The van der Waals surface area contributed by atoms with Gasteiger partial charge in [-0.3, -0.25) is 14.9 Å². The van der Waals surface area contributed by atoms with Crippen LogP contribution < -0.4 is 24.8 Å². The zero-order valence-corrected chi connectivity index (χ0v) is 15.2. The van der Waals surface area contributed by atoms with Crippen molar-refractivity contribution >= 4 is 34.0 Å². The molecule has 0 atom stereocenters. The number of hydrogen-bond acceptors (Lipinski definition) is 7. The molecular formula is C19H13N3O5S. The summed E-state index contributed by atoms with van der Waals surface area (Å²) >= 11 is 1.33. The minimum absolute atomic E-state index is 0.0660. The first-order valence-electron chi connectivity index (χ1n) is 8.39. The van der Waals surface area contributed by atoms with Crippen LogP contribution >= 0.6 is 11.3 Å². The molecule has 2 N–H and O–H groups in total. The second kappa shape index (κ2) is 6.54. The third-order valence-corrected chi connectivity index (χ3v) is 5.03. The van der Waals surface area contributed by atoms with Crippen LogP contribution in [0.3, 0.4) is 0 Å². The van der Waals surface area contributed by atoms with E-state index >= 15 is 0 Å². The smallest absolute Gasteiger partial charge is 0.262 e. The number of hydrogen-bond donors (Lipinski definition) is 2. The number of anilines is 2. The number of ether oxygens (including phenoxy) is 3. The summed E-state index contributed by atoms with van der Waals surface area (Å²) in [6.07, 6.45) is 0. The van der Waals surface area contributed by atoms with Gasteiger partial charge in [-0.05, 0) is 36.4 Å². The van der Waals surface area contributed by atoms with Gasteiger partial charge in [0.1, 0.15) is 5.75 Å². The molecule has 3 aromatic rings. The lowest BCUT2D eigenvalue weighted by molar-refractivity contribution is -0.118. The van der Waals surface area contributed by atoms with Gasteiger partial charge >= 0.3 is 0 Å². The molecule has 28 heavy (non-hydrogen) atoms. The van der Waals surface area contributed by atoms with Crippen LogP contribution in [0.15, 0.2) is 41.8 Å². The van der Waals surface area contributed by atoms with E-state index in [1.165, 1.54) is 11.3 Å². The highest BCUT2D eigenvalue weighted by Gasteiger charge is 2.19. The van der Waals surface area contributed by atoms with Crippen LogP contribution in [-0.4, -0.2) is 30.2 Å². The highest BCUT2D eigenvalue weighted by Crippen LogP contribution is 2.36. The molecule has 0 bridgehead atoms. The second-order valence-corrected chi connectivity index (χ2v) is 6.97. The number of nitrogens with one attached hydrogen (secondary N) is 2. The van der Waals surface area contributed by atoms with Gasteiger partial charge in [-0.15, -0.1) is 11.3 Å².